The standard InChI is InChI=1S/C15H14O4/c16-13-11(7-6-10-4-2-1-3-5-10)8-15(18)9-12(13)19-14(15)17/h1-5,8,12,18H,6-7,9H2. The van der Waals surface area contributed by atoms with E-state index in [-0.39, 0.29) is 12.2 Å². The Morgan fingerprint density at radius 1 is 1.21 bits per heavy atom. The van der Waals surface area contributed by atoms with Crippen LogP contribution in [-0.4, -0.2) is 28.6 Å². The number of hydrogen-bond donors (Lipinski definition) is 1. The van der Waals surface area contributed by atoms with Gasteiger partial charge < -0.3 is 9.84 Å². The highest BCUT2D eigenvalue weighted by Crippen LogP contribution is 2.35. The van der Waals surface area contributed by atoms with Gasteiger partial charge in [-0.25, -0.2) is 4.79 Å². The normalized spacial score (nSPS) is 29.1. The molecule has 98 valence electrons. The summed E-state index contributed by atoms with van der Waals surface area (Å²) in [5, 5.41) is 10.1. The molecule has 1 heterocycles. The maximum absolute atomic E-state index is 12.0. The highest BCUT2D eigenvalue weighted by molar-refractivity contribution is 6.06. The minimum Gasteiger partial charge on any atom is -0.451 e. The molecule has 3 rings (SSSR count). The number of aryl methyl sites for hydroxylation is 1. The van der Waals surface area contributed by atoms with Gasteiger partial charge in [0.25, 0.3) is 0 Å². The van der Waals surface area contributed by atoms with E-state index in [1.54, 1.807) is 0 Å². The van der Waals surface area contributed by atoms with Gasteiger partial charge in [-0.15, -0.1) is 0 Å². The number of rotatable bonds is 3. The number of carbonyl (C=O) groups is 2. The Morgan fingerprint density at radius 3 is 2.68 bits per heavy atom. The predicted octanol–water partition coefficient (Wildman–Crippen LogP) is 1.17. The van der Waals surface area contributed by atoms with E-state index >= 15 is 0 Å². The summed E-state index contributed by atoms with van der Waals surface area (Å²) in [7, 11) is 0. The first-order valence-corrected chi connectivity index (χ1v) is 6.32. The van der Waals surface area contributed by atoms with Crippen LogP contribution in [0.1, 0.15) is 18.4 Å². The monoisotopic (exact) mass is 258 g/mol. The zero-order chi connectivity index (χ0) is 13.5. The Labute approximate surface area is 110 Å². The molecule has 0 amide bonds. The first-order valence-electron chi connectivity index (χ1n) is 6.32. The maximum Gasteiger partial charge on any atom is 0.343 e. The van der Waals surface area contributed by atoms with Crippen LogP contribution in [-0.2, 0) is 20.7 Å². The van der Waals surface area contributed by atoms with Crippen molar-refractivity contribution in [3.63, 3.8) is 0 Å². The second kappa shape index (κ2) is 4.31. The van der Waals surface area contributed by atoms with Gasteiger partial charge in [0.1, 0.15) is 0 Å². The lowest BCUT2D eigenvalue weighted by Gasteiger charge is -2.20. The molecule has 1 aliphatic carbocycles. The van der Waals surface area contributed by atoms with Gasteiger partial charge in [-0.05, 0) is 30.1 Å². The van der Waals surface area contributed by atoms with Gasteiger partial charge in [-0.1, -0.05) is 30.3 Å². The van der Waals surface area contributed by atoms with E-state index in [4.69, 9.17) is 4.74 Å². The van der Waals surface area contributed by atoms with Crippen LogP contribution in [0.4, 0.5) is 0 Å². The van der Waals surface area contributed by atoms with Crippen LogP contribution in [0.3, 0.4) is 0 Å². The van der Waals surface area contributed by atoms with Crippen LogP contribution in [0.25, 0.3) is 0 Å². The molecule has 1 aromatic carbocycles. The Kier molecular flexibility index (Phi) is 2.75. The van der Waals surface area contributed by atoms with Crippen LogP contribution in [0.5, 0.6) is 0 Å². The smallest absolute Gasteiger partial charge is 0.343 e. The topological polar surface area (TPSA) is 63.6 Å². The molecule has 2 aliphatic rings. The molecular weight excluding hydrogens is 244 g/mol. The van der Waals surface area contributed by atoms with Crippen LogP contribution >= 0.6 is 0 Å². The third kappa shape index (κ3) is 2.08. The second-order valence-corrected chi connectivity index (χ2v) is 5.04. The molecule has 1 N–H and O–H groups in total. The van der Waals surface area contributed by atoms with E-state index in [2.05, 4.69) is 0 Å². The fraction of sp³-hybridized carbons (Fsp3) is 0.333. The predicted molar refractivity (Wildman–Crippen MR) is 67.3 cm³/mol. The van der Waals surface area contributed by atoms with Crippen molar-refractivity contribution in [2.24, 2.45) is 0 Å². The Balaban J connectivity index is 1.78. The van der Waals surface area contributed by atoms with Crippen molar-refractivity contribution in [2.45, 2.75) is 31.0 Å². The lowest BCUT2D eigenvalue weighted by Crippen LogP contribution is -2.36. The number of ether oxygens (including phenoxy) is 1. The SMILES string of the molecule is O=C1C(CCc2ccccc2)=CC2(O)CC1OC2=O. The second-order valence-electron chi connectivity index (χ2n) is 5.04. The van der Waals surface area contributed by atoms with E-state index < -0.39 is 17.7 Å². The van der Waals surface area contributed by atoms with Crippen molar-refractivity contribution in [2.75, 3.05) is 0 Å². The number of fused-ring (bicyclic) bond motifs is 2. The van der Waals surface area contributed by atoms with Crippen molar-refractivity contribution in [1.29, 1.82) is 0 Å². The summed E-state index contributed by atoms with van der Waals surface area (Å²) in [6.45, 7) is 0. The van der Waals surface area contributed by atoms with Crippen molar-refractivity contribution in [3.05, 3.63) is 47.5 Å². The molecule has 2 bridgehead atoms. The molecule has 0 aromatic heterocycles. The van der Waals surface area contributed by atoms with Crippen LogP contribution < -0.4 is 0 Å². The molecule has 0 radical (unpaired) electrons. The highest BCUT2D eigenvalue weighted by atomic mass is 16.6. The van der Waals surface area contributed by atoms with Crippen molar-refractivity contribution in [3.8, 4) is 0 Å². The maximum atomic E-state index is 12.0. The lowest BCUT2D eigenvalue weighted by molar-refractivity contribution is -0.152. The molecule has 2 unspecified atom stereocenters. The van der Waals surface area contributed by atoms with E-state index in [9.17, 15) is 14.7 Å². The van der Waals surface area contributed by atoms with E-state index in [0.717, 1.165) is 5.56 Å². The van der Waals surface area contributed by atoms with E-state index in [1.165, 1.54) is 6.08 Å². The van der Waals surface area contributed by atoms with Crippen molar-refractivity contribution in [1.82, 2.24) is 0 Å². The van der Waals surface area contributed by atoms with Gasteiger partial charge in [0.15, 0.2) is 17.5 Å². The largest absolute Gasteiger partial charge is 0.451 e. The van der Waals surface area contributed by atoms with E-state index in [1.807, 2.05) is 30.3 Å². The number of benzene rings is 1. The zero-order valence-corrected chi connectivity index (χ0v) is 10.3. The Hall–Kier alpha value is -1.94. The molecule has 0 spiro atoms. The molecule has 0 saturated carbocycles. The first kappa shape index (κ1) is 12.1. The highest BCUT2D eigenvalue weighted by Gasteiger charge is 2.53. The van der Waals surface area contributed by atoms with Gasteiger partial charge in [-0.2, -0.15) is 0 Å². The van der Waals surface area contributed by atoms with Crippen molar-refractivity contribution < 1.29 is 19.4 Å². The quantitative estimate of drug-likeness (QED) is 0.827. The number of aliphatic hydroxyl groups is 1. The molecule has 19 heavy (non-hydrogen) atoms. The number of hydrogen-bond acceptors (Lipinski definition) is 4. The third-order valence-electron chi connectivity index (χ3n) is 3.65. The zero-order valence-electron chi connectivity index (χ0n) is 10.3. The Bertz CT molecular complexity index is 561. The summed E-state index contributed by atoms with van der Waals surface area (Å²) < 4.78 is 4.89. The summed E-state index contributed by atoms with van der Waals surface area (Å²) in [5.74, 6) is -0.882. The fourth-order valence-corrected chi connectivity index (χ4v) is 2.59. The summed E-state index contributed by atoms with van der Waals surface area (Å²) in [6.07, 6.45) is 1.85. The summed E-state index contributed by atoms with van der Waals surface area (Å²) in [4.78, 5) is 23.5. The van der Waals surface area contributed by atoms with Crippen LogP contribution in [0, 0.1) is 0 Å². The average Bonchev–Trinajstić information content (AvgIpc) is 2.67. The molecule has 2 atom stereocenters. The minimum atomic E-state index is -1.59. The van der Waals surface area contributed by atoms with Gasteiger partial charge in [0, 0.05) is 6.42 Å². The minimum absolute atomic E-state index is 0.0551. The summed E-state index contributed by atoms with van der Waals surface area (Å²) in [5.41, 5.74) is 0.0201. The molecule has 4 nitrogen and oxygen atoms in total. The first-order chi connectivity index (χ1) is 9.08. The number of ketones is 1. The van der Waals surface area contributed by atoms with Crippen LogP contribution in [0.2, 0.25) is 0 Å². The molecule has 1 aliphatic heterocycles. The molecule has 1 fully saturated rings. The summed E-state index contributed by atoms with van der Waals surface area (Å²) >= 11 is 0. The van der Waals surface area contributed by atoms with Gasteiger partial charge in [0.2, 0.25) is 0 Å². The van der Waals surface area contributed by atoms with Gasteiger partial charge in [-0.3, -0.25) is 4.79 Å². The third-order valence-corrected chi connectivity index (χ3v) is 3.65. The molecule has 1 aromatic rings. The average molecular weight is 258 g/mol. The lowest BCUT2D eigenvalue weighted by atomic mass is 9.84. The van der Waals surface area contributed by atoms with Crippen LogP contribution in [0.15, 0.2) is 42.0 Å². The summed E-state index contributed by atoms with van der Waals surface area (Å²) in [6, 6.07) is 9.79. The Morgan fingerprint density at radius 2 is 1.95 bits per heavy atom. The fourth-order valence-electron chi connectivity index (χ4n) is 2.59. The van der Waals surface area contributed by atoms with Gasteiger partial charge in [0.05, 0.1) is 0 Å². The van der Waals surface area contributed by atoms with E-state index in [0.29, 0.717) is 18.4 Å². The van der Waals surface area contributed by atoms with Gasteiger partial charge >= 0.3 is 5.97 Å². The number of Topliss-reactive ketones (excluding diaryl/α,β-unsaturated/α-hetero) is 1. The number of esters is 1. The molecule has 4 heteroatoms. The molecular formula is C15H14O4. The molecule has 1 saturated heterocycles. The number of carbonyl (C=O) groups excluding carboxylic acids is 2. The van der Waals surface area contributed by atoms with Crippen molar-refractivity contribution >= 4 is 11.8 Å².